The van der Waals surface area contributed by atoms with Gasteiger partial charge in [0.25, 0.3) is 0 Å². The first-order valence-corrected chi connectivity index (χ1v) is 8.57. The van der Waals surface area contributed by atoms with Crippen molar-refractivity contribution in [2.24, 2.45) is 5.92 Å². The van der Waals surface area contributed by atoms with E-state index in [2.05, 4.69) is 6.92 Å². The summed E-state index contributed by atoms with van der Waals surface area (Å²) in [6.07, 6.45) is 5.07. The summed E-state index contributed by atoms with van der Waals surface area (Å²) in [5.74, 6) is -0.490. The van der Waals surface area contributed by atoms with Crippen molar-refractivity contribution in [2.45, 2.75) is 52.4 Å². The summed E-state index contributed by atoms with van der Waals surface area (Å²) < 4.78 is 5.40. The lowest BCUT2D eigenvalue weighted by Gasteiger charge is -2.11. The van der Waals surface area contributed by atoms with Crippen LogP contribution in [0, 0.1) is 5.92 Å². The van der Waals surface area contributed by atoms with Gasteiger partial charge in [0.15, 0.2) is 5.78 Å². The first kappa shape index (κ1) is 17.5. The Morgan fingerprint density at radius 3 is 2.61 bits per heavy atom. The van der Waals surface area contributed by atoms with Crippen molar-refractivity contribution >= 4 is 11.8 Å². The number of carbonyl (C=O) groups is 2. The van der Waals surface area contributed by atoms with Gasteiger partial charge in [-0.3, -0.25) is 9.59 Å². The fraction of sp³-hybridized carbons (Fsp3) is 0.500. The minimum absolute atomic E-state index is 0.128. The molecule has 0 heterocycles. The largest absolute Gasteiger partial charge is 0.465 e. The van der Waals surface area contributed by atoms with Gasteiger partial charge < -0.3 is 4.74 Å². The van der Waals surface area contributed by atoms with Crippen molar-refractivity contribution in [2.75, 3.05) is 6.61 Å². The van der Waals surface area contributed by atoms with Crippen LogP contribution < -0.4 is 0 Å². The number of carbonyl (C=O) groups excluding carboxylic acids is 2. The Bertz CT molecular complexity index is 572. The number of hydrogen-bond acceptors (Lipinski definition) is 3. The van der Waals surface area contributed by atoms with Gasteiger partial charge in [-0.15, -0.1) is 0 Å². The van der Waals surface area contributed by atoms with Gasteiger partial charge >= 0.3 is 5.97 Å². The Kier molecular flexibility index (Phi) is 6.57. The molecule has 0 aliphatic heterocycles. The Morgan fingerprint density at radius 1 is 1.17 bits per heavy atom. The van der Waals surface area contributed by atoms with Gasteiger partial charge in [0, 0.05) is 12.8 Å². The van der Waals surface area contributed by atoms with Crippen LogP contribution in [-0.2, 0) is 20.7 Å². The minimum atomic E-state index is -0.366. The third-order valence-electron chi connectivity index (χ3n) is 4.52. The number of unbranched alkanes of at least 4 members (excludes halogenated alkanes) is 2. The van der Waals surface area contributed by atoms with Gasteiger partial charge in [-0.25, -0.2) is 0 Å². The number of esters is 1. The molecule has 0 amide bonds. The average molecular weight is 314 g/mol. The number of benzene rings is 1. The van der Waals surface area contributed by atoms with E-state index in [4.69, 9.17) is 4.74 Å². The summed E-state index contributed by atoms with van der Waals surface area (Å²) in [5.41, 5.74) is 2.94. The zero-order valence-electron chi connectivity index (χ0n) is 14.1. The molecule has 0 fully saturated rings. The summed E-state index contributed by atoms with van der Waals surface area (Å²) in [5, 5.41) is 0. The third kappa shape index (κ3) is 4.78. The van der Waals surface area contributed by atoms with Crippen molar-refractivity contribution in [1.29, 1.82) is 0 Å². The number of ether oxygens (including phenoxy) is 1. The minimum Gasteiger partial charge on any atom is -0.465 e. The summed E-state index contributed by atoms with van der Waals surface area (Å²) in [6.45, 7) is 4.42. The molecule has 1 aromatic rings. The van der Waals surface area contributed by atoms with Gasteiger partial charge in [-0.2, -0.15) is 0 Å². The van der Waals surface area contributed by atoms with E-state index in [9.17, 15) is 9.59 Å². The summed E-state index contributed by atoms with van der Waals surface area (Å²) in [7, 11) is 0. The van der Waals surface area contributed by atoms with Crippen LogP contribution in [0.2, 0.25) is 0 Å². The molecule has 1 aromatic carbocycles. The van der Waals surface area contributed by atoms with E-state index >= 15 is 0 Å². The van der Waals surface area contributed by atoms with Gasteiger partial charge in [0.1, 0.15) is 0 Å². The number of allylic oxidation sites excluding steroid dienone is 1. The molecule has 0 N–H and O–H groups in total. The SMILES string of the molecule is CCCCCC1=C(C)C(C(=O)OCCc2ccccc2)CC1=O. The molecule has 1 aliphatic carbocycles. The summed E-state index contributed by atoms with van der Waals surface area (Å²) >= 11 is 0. The number of rotatable bonds is 8. The van der Waals surface area contributed by atoms with E-state index in [1.165, 1.54) is 0 Å². The van der Waals surface area contributed by atoms with E-state index in [0.717, 1.165) is 42.4 Å². The maximum absolute atomic E-state index is 12.3. The van der Waals surface area contributed by atoms with Crippen LogP contribution in [0.5, 0.6) is 0 Å². The standard InChI is InChI=1S/C20H26O3/c1-3-4-6-11-17-15(2)18(14-19(17)21)20(22)23-13-12-16-9-7-5-8-10-16/h5,7-10,18H,3-4,6,11-14H2,1-2H3. The molecular weight excluding hydrogens is 288 g/mol. The molecule has 2 rings (SSSR count). The molecule has 0 bridgehead atoms. The van der Waals surface area contributed by atoms with E-state index in [0.29, 0.717) is 13.0 Å². The zero-order chi connectivity index (χ0) is 16.7. The van der Waals surface area contributed by atoms with Crippen LogP contribution in [-0.4, -0.2) is 18.4 Å². The molecule has 3 nitrogen and oxygen atoms in total. The molecule has 0 radical (unpaired) electrons. The molecular formula is C20H26O3. The maximum atomic E-state index is 12.3. The molecule has 3 heteroatoms. The highest BCUT2D eigenvalue weighted by atomic mass is 16.5. The second kappa shape index (κ2) is 8.66. The second-order valence-corrected chi connectivity index (χ2v) is 6.20. The molecule has 0 saturated carbocycles. The van der Waals surface area contributed by atoms with Crippen molar-refractivity contribution in [3.63, 3.8) is 0 Å². The highest BCUT2D eigenvalue weighted by Gasteiger charge is 2.34. The van der Waals surface area contributed by atoms with Crippen LogP contribution in [0.1, 0.15) is 51.5 Å². The molecule has 1 aliphatic rings. The van der Waals surface area contributed by atoms with Crippen LogP contribution in [0.15, 0.2) is 41.5 Å². The van der Waals surface area contributed by atoms with E-state index in [1.807, 2.05) is 37.3 Å². The Hall–Kier alpha value is -1.90. The predicted molar refractivity (Wildman–Crippen MR) is 91.1 cm³/mol. The maximum Gasteiger partial charge on any atom is 0.313 e. The van der Waals surface area contributed by atoms with Crippen molar-refractivity contribution in [3.8, 4) is 0 Å². The van der Waals surface area contributed by atoms with Crippen LogP contribution in [0.25, 0.3) is 0 Å². The topological polar surface area (TPSA) is 43.4 Å². The van der Waals surface area contributed by atoms with E-state index in [-0.39, 0.29) is 24.1 Å². The monoisotopic (exact) mass is 314 g/mol. The highest BCUT2D eigenvalue weighted by Crippen LogP contribution is 2.32. The highest BCUT2D eigenvalue weighted by molar-refractivity contribution is 6.03. The molecule has 0 saturated heterocycles. The molecule has 124 valence electrons. The second-order valence-electron chi connectivity index (χ2n) is 6.20. The van der Waals surface area contributed by atoms with E-state index < -0.39 is 0 Å². The summed E-state index contributed by atoms with van der Waals surface area (Å²) in [4.78, 5) is 24.4. The smallest absolute Gasteiger partial charge is 0.313 e. The normalized spacial score (nSPS) is 17.7. The fourth-order valence-electron chi connectivity index (χ4n) is 3.06. The Balaban J connectivity index is 1.85. The first-order valence-electron chi connectivity index (χ1n) is 8.57. The number of hydrogen-bond donors (Lipinski definition) is 0. The average Bonchev–Trinajstić information content (AvgIpc) is 2.84. The quantitative estimate of drug-likeness (QED) is 0.532. The molecule has 1 atom stereocenters. The zero-order valence-corrected chi connectivity index (χ0v) is 14.1. The lowest BCUT2D eigenvalue weighted by atomic mass is 10.0. The van der Waals surface area contributed by atoms with Gasteiger partial charge in [-0.05, 0) is 30.9 Å². The Morgan fingerprint density at radius 2 is 1.91 bits per heavy atom. The lowest BCUT2D eigenvalue weighted by Crippen LogP contribution is -2.18. The molecule has 0 spiro atoms. The van der Waals surface area contributed by atoms with Crippen LogP contribution >= 0.6 is 0 Å². The molecule has 1 unspecified atom stereocenters. The predicted octanol–water partition coefficient (Wildman–Crippen LogP) is 4.26. The van der Waals surface area contributed by atoms with Crippen molar-refractivity contribution in [1.82, 2.24) is 0 Å². The third-order valence-corrected chi connectivity index (χ3v) is 4.52. The van der Waals surface area contributed by atoms with Crippen molar-refractivity contribution in [3.05, 3.63) is 47.0 Å². The molecule has 0 aromatic heterocycles. The van der Waals surface area contributed by atoms with Crippen LogP contribution in [0.4, 0.5) is 0 Å². The number of ketones is 1. The number of Topliss-reactive ketones (excluding diaryl/α,β-unsaturated/α-hetero) is 1. The van der Waals surface area contributed by atoms with Gasteiger partial charge in [0.05, 0.1) is 12.5 Å². The molecule has 23 heavy (non-hydrogen) atoms. The fourth-order valence-corrected chi connectivity index (χ4v) is 3.06. The van der Waals surface area contributed by atoms with E-state index in [1.54, 1.807) is 0 Å². The summed E-state index contributed by atoms with van der Waals surface area (Å²) in [6, 6.07) is 9.95. The van der Waals surface area contributed by atoms with Crippen LogP contribution in [0.3, 0.4) is 0 Å². The van der Waals surface area contributed by atoms with Gasteiger partial charge in [-0.1, -0.05) is 55.7 Å². The van der Waals surface area contributed by atoms with Gasteiger partial charge in [0.2, 0.25) is 0 Å². The Labute approximate surface area is 138 Å². The van der Waals surface area contributed by atoms with Crippen molar-refractivity contribution < 1.29 is 14.3 Å². The lowest BCUT2D eigenvalue weighted by molar-refractivity contribution is -0.147. The first-order chi connectivity index (χ1) is 11.1.